The molecule has 0 amide bonds. The van der Waals surface area contributed by atoms with Crippen molar-refractivity contribution in [1.29, 1.82) is 0 Å². The van der Waals surface area contributed by atoms with E-state index in [1.54, 1.807) is 0 Å². The quantitative estimate of drug-likeness (QED) is 0.224. The number of aromatic amines is 1. The molecule has 0 bridgehead atoms. The Balaban J connectivity index is 0.000000165. The molecule has 4 aliphatic rings. The lowest BCUT2D eigenvalue weighted by molar-refractivity contribution is -0.179. The summed E-state index contributed by atoms with van der Waals surface area (Å²) in [6.07, 6.45) is 16.8. The summed E-state index contributed by atoms with van der Waals surface area (Å²) in [5.41, 5.74) is 4.84. The Hall–Kier alpha value is -2.56. The van der Waals surface area contributed by atoms with Gasteiger partial charge in [-0.1, -0.05) is 41.3 Å². The molecule has 2 saturated carbocycles. The molecule has 0 unspecified atom stereocenters. The fraction of sp³-hybridized carbons (Fsp3) is 0.622. The average molecular weight is 647 g/mol. The second-order valence-corrected chi connectivity index (χ2v) is 20.2. The van der Waals surface area contributed by atoms with Crippen LogP contribution < -0.4 is 0 Å². The first-order chi connectivity index (χ1) is 21.6. The first kappa shape index (κ1) is 33.3. The Bertz CT molecular complexity index is 1610. The van der Waals surface area contributed by atoms with Crippen molar-refractivity contribution < 1.29 is 18.9 Å². The highest BCUT2D eigenvalue weighted by atomic mass is 28.3. The van der Waals surface area contributed by atoms with E-state index < -0.39 is 8.24 Å². The average Bonchev–Trinajstić information content (AvgIpc) is 3.85. The van der Waals surface area contributed by atoms with Gasteiger partial charge in [0.05, 0.1) is 26.4 Å². The van der Waals surface area contributed by atoms with Crippen molar-refractivity contribution in [2.24, 2.45) is 0 Å². The zero-order valence-corrected chi connectivity index (χ0v) is 28.7. The van der Waals surface area contributed by atoms with Crippen molar-refractivity contribution in [3.63, 3.8) is 0 Å². The van der Waals surface area contributed by atoms with Crippen LogP contribution in [0.3, 0.4) is 0 Å². The summed E-state index contributed by atoms with van der Waals surface area (Å²) >= 11 is 0. The summed E-state index contributed by atoms with van der Waals surface area (Å²) in [5, 5.41) is 2.77. The van der Waals surface area contributed by atoms with E-state index in [2.05, 4.69) is 84.7 Å². The number of nitrogens with zero attached hydrogens (tertiary/aromatic N) is 3. The van der Waals surface area contributed by atoms with E-state index in [1.165, 1.54) is 21.9 Å². The van der Waals surface area contributed by atoms with Crippen molar-refractivity contribution in [2.75, 3.05) is 26.4 Å². The number of pyridine rings is 2. The number of H-pyrrole nitrogens is 1. The number of aromatic nitrogens is 4. The maximum absolute atomic E-state index is 5.87. The Morgan fingerprint density at radius 3 is 1.78 bits per heavy atom. The predicted octanol–water partition coefficient (Wildman–Crippen LogP) is 8.89. The third-order valence-corrected chi connectivity index (χ3v) is 16.7. The van der Waals surface area contributed by atoms with Crippen LogP contribution in [0, 0.1) is 0 Å². The molecule has 4 fully saturated rings. The highest BCUT2D eigenvalue weighted by molar-refractivity contribution is 6.79. The normalized spacial score (nSPS) is 23.1. The minimum absolute atomic E-state index is 0. The van der Waals surface area contributed by atoms with Gasteiger partial charge in [-0.3, -0.25) is 0 Å². The molecule has 2 spiro atoms. The molecule has 2 aliphatic carbocycles. The zero-order chi connectivity index (χ0) is 31.3. The van der Waals surface area contributed by atoms with Crippen molar-refractivity contribution in [3.05, 3.63) is 60.2 Å². The Kier molecular flexibility index (Phi) is 9.28. The number of hydrogen-bond donors (Lipinski definition) is 1. The minimum Gasteiger partial charge on any atom is -0.359 e. The molecule has 4 aromatic heterocycles. The number of fused-ring (bicyclic) bond motifs is 2. The first-order valence-electron chi connectivity index (χ1n) is 17.0. The van der Waals surface area contributed by atoms with Gasteiger partial charge in [-0.2, -0.15) is 0 Å². The Morgan fingerprint density at radius 2 is 1.26 bits per heavy atom. The maximum atomic E-state index is 5.87. The first-order valence-corrected chi connectivity index (χ1v) is 20.0. The smallest absolute Gasteiger partial charge is 0.168 e. The van der Waals surface area contributed by atoms with Gasteiger partial charge >= 0.3 is 0 Å². The van der Waals surface area contributed by atoms with Crippen molar-refractivity contribution in [3.8, 4) is 0 Å². The second kappa shape index (κ2) is 12.8. The van der Waals surface area contributed by atoms with Gasteiger partial charge in [0.1, 0.15) is 11.3 Å². The molecule has 46 heavy (non-hydrogen) atoms. The molecule has 2 saturated heterocycles. The van der Waals surface area contributed by atoms with Crippen LogP contribution in [0.5, 0.6) is 0 Å². The molecule has 0 atom stereocenters. The van der Waals surface area contributed by atoms with Crippen LogP contribution in [0.15, 0.2) is 49.1 Å². The Labute approximate surface area is 275 Å². The van der Waals surface area contributed by atoms with Crippen molar-refractivity contribution in [1.82, 2.24) is 19.2 Å². The van der Waals surface area contributed by atoms with Gasteiger partial charge in [0, 0.05) is 55.0 Å². The fourth-order valence-electron chi connectivity index (χ4n) is 7.61. The number of rotatable bonds is 3. The molecule has 0 radical (unpaired) electrons. The molecule has 250 valence electrons. The molecular weight excluding hydrogens is 593 g/mol. The molecule has 8 rings (SSSR count). The minimum atomic E-state index is -1.65. The summed E-state index contributed by atoms with van der Waals surface area (Å²) in [5.74, 6) is 0.619. The van der Waals surface area contributed by atoms with Crippen molar-refractivity contribution in [2.45, 2.75) is 121 Å². The summed E-state index contributed by atoms with van der Waals surface area (Å²) < 4.78 is 25.8. The summed E-state index contributed by atoms with van der Waals surface area (Å²) in [6, 6.07) is 8.96. The van der Waals surface area contributed by atoms with Crippen LogP contribution in [0.4, 0.5) is 0 Å². The molecule has 9 heteroatoms. The molecule has 6 heterocycles. The highest BCUT2D eigenvalue weighted by Crippen LogP contribution is 2.44. The monoisotopic (exact) mass is 646 g/mol. The van der Waals surface area contributed by atoms with Crippen LogP contribution in [0.2, 0.25) is 18.1 Å². The lowest BCUT2D eigenvalue weighted by Gasteiger charge is -2.38. The molecule has 8 nitrogen and oxygen atoms in total. The Morgan fingerprint density at radius 1 is 0.761 bits per heavy atom. The van der Waals surface area contributed by atoms with Crippen LogP contribution >= 0.6 is 0 Å². The number of nitrogens with one attached hydrogen (secondary N) is 1. The van der Waals surface area contributed by atoms with Crippen LogP contribution in [-0.2, 0) is 18.9 Å². The van der Waals surface area contributed by atoms with E-state index in [0.717, 1.165) is 89.1 Å². The van der Waals surface area contributed by atoms with Gasteiger partial charge < -0.3 is 28.2 Å². The van der Waals surface area contributed by atoms with Gasteiger partial charge in [0.15, 0.2) is 19.8 Å². The van der Waals surface area contributed by atoms with Crippen LogP contribution in [0.1, 0.15) is 103 Å². The van der Waals surface area contributed by atoms with Gasteiger partial charge in [0.2, 0.25) is 0 Å². The second-order valence-electron chi connectivity index (χ2n) is 15.1. The van der Waals surface area contributed by atoms with Gasteiger partial charge in [-0.25, -0.2) is 9.97 Å². The molecule has 0 aromatic carbocycles. The highest BCUT2D eigenvalue weighted by Gasteiger charge is 2.42. The van der Waals surface area contributed by atoms with E-state index in [1.807, 2.05) is 12.4 Å². The molecule has 2 aliphatic heterocycles. The van der Waals surface area contributed by atoms with E-state index in [4.69, 9.17) is 23.9 Å². The van der Waals surface area contributed by atoms with E-state index in [-0.39, 0.29) is 24.0 Å². The van der Waals surface area contributed by atoms with Gasteiger partial charge in [-0.15, -0.1) is 0 Å². The predicted molar refractivity (Wildman–Crippen MR) is 187 cm³/mol. The van der Waals surface area contributed by atoms with Crippen molar-refractivity contribution >= 4 is 30.3 Å². The van der Waals surface area contributed by atoms with E-state index >= 15 is 0 Å². The maximum Gasteiger partial charge on any atom is 0.168 e. The standard InChI is InChI=1S/C21H32N2O2Si.C15H18N2O2.CH4/c1-20(2,3)26(4,5)23-11-8-17-14-18(15-22-19(17)23)16-6-9-21(10-7-16)24-12-13-25-21;1-4-15(18-7-8-19-15)5-2-11(1)13-9-12-3-6-16-14(12)17-10-13;/h8,11,14-16H,6-7,9-10,12-13H2,1-5H3;3,6,9-11H,1-2,4-5,7-8H2,(H,16,17);1H4. The summed E-state index contributed by atoms with van der Waals surface area (Å²) in [4.78, 5) is 12.5. The van der Waals surface area contributed by atoms with Crippen LogP contribution in [0.25, 0.3) is 22.1 Å². The van der Waals surface area contributed by atoms with E-state index in [9.17, 15) is 0 Å². The lowest BCUT2D eigenvalue weighted by Crippen LogP contribution is -2.45. The third-order valence-electron chi connectivity index (χ3n) is 11.5. The SMILES string of the molecule is C.CC(C)(C)[Si](C)(C)n1ccc2cc(C3CCC4(CC3)OCCO4)cnc21.c1cc2cc(C3CCC4(CC3)OCCO4)cnc2[nH]1. The molecular formula is C37H54N4O4Si. The zero-order valence-electron chi connectivity index (χ0n) is 27.7. The molecule has 4 aromatic rings. The lowest BCUT2D eigenvalue weighted by atomic mass is 9.81. The molecule has 1 N–H and O–H groups in total. The van der Waals surface area contributed by atoms with Gasteiger partial charge in [0.25, 0.3) is 0 Å². The largest absolute Gasteiger partial charge is 0.359 e. The number of ether oxygens (including phenoxy) is 4. The fourth-order valence-corrected chi connectivity index (χ4v) is 9.50. The topological polar surface area (TPSA) is 83.4 Å². The third kappa shape index (κ3) is 6.33. The summed E-state index contributed by atoms with van der Waals surface area (Å²) in [6.45, 7) is 14.9. The van der Waals surface area contributed by atoms with E-state index in [0.29, 0.717) is 11.8 Å². The summed E-state index contributed by atoms with van der Waals surface area (Å²) in [7, 11) is -1.65. The number of hydrogen-bond acceptors (Lipinski definition) is 6. The van der Waals surface area contributed by atoms with Crippen LogP contribution in [-0.4, -0.2) is 65.4 Å². The van der Waals surface area contributed by atoms with Gasteiger partial charge in [-0.05, 0) is 84.1 Å².